The predicted molar refractivity (Wildman–Crippen MR) is 84.9 cm³/mol. The second-order valence-corrected chi connectivity index (χ2v) is 7.72. The number of anilines is 1. The minimum atomic E-state index is -0.760. The van der Waals surface area contributed by atoms with E-state index in [0.29, 0.717) is 0 Å². The Hall–Kier alpha value is -1.83. The minimum Gasteiger partial charge on any atom is -0.443 e. The molecule has 1 aromatic heterocycles. The lowest BCUT2D eigenvalue weighted by atomic mass is 10.2. The molecule has 1 heterocycles. The van der Waals surface area contributed by atoms with Gasteiger partial charge in [-0.1, -0.05) is 0 Å². The lowest BCUT2D eigenvalue weighted by molar-refractivity contribution is 0.0424. The zero-order valence-corrected chi connectivity index (χ0v) is 14.8. The number of rotatable bonds is 1. The lowest BCUT2D eigenvalue weighted by Gasteiger charge is -2.27. The molecule has 1 aromatic rings. The van der Waals surface area contributed by atoms with E-state index in [1.165, 1.54) is 11.3 Å². The van der Waals surface area contributed by atoms with Crippen molar-refractivity contribution in [1.29, 1.82) is 0 Å². The van der Waals surface area contributed by atoms with Crippen LogP contribution >= 0.6 is 11.3 Å². The molecule has 124 valence electrons. The number of nitrogens with zero attached hydrogens (tertiary/aromatic N) is 2. The van der Waals surface area contributed by atoms with Crippen LogP contribution in [0.3, 0.4) is 0 Å². The van der Waals surface area contributed by atoms with E-state index >= 15 is 0 Å². The number of nitrogens with one attached hydrogen (secondary N) is 1. The monoisotopic (exact) mass is 329 g/mol. The first-order valence-electron chi connectivity index (χ1n) is 6.82. The molecule has 8 heteroatoms. The Kier molecular flexibility index (Phi) is 5.39. The SMILES string of the molecule is Cc1nc(N(NC(=O)OC(C)(C)C)C(=O)OC(C)(C)C)cs1. The van der Waals surface area contributed by atoms with Crippen LogP contribution in [0.2, 0.25) is 0 Å². The summed E-state index contributed by atoms with van der Waals surface area (Å²) < 4.78 is 10.4. The third-order valence-electron chi connectivity index (χ3n) is 2.01. The molecule has 22 heavy (non-hydrogen) atoms. The molecule has 2 amide bonds. The van der Waals surface area contributed by atoms with Crippen molar-refractivity contribution in [2.75, 3.05) is 5.01 Å². The van der Waals surface area contributed by atoms with E-state index < -0.39 is 23.4 Å². The number of hydrazine groups is 1. The van der Waals surface area contributed by atoms with Crippen LogP contribution in [0.15, 0.2) is 5.38 Å². The number of carbonyl (C=O) groups excluding carboxylic acids is 2. The summed E-state index contributed by atoms with van der Waals surface area (Å²) in [4.78, 5) is 28.4. The molecule has 0 aliphatic rings. The smallest absolute Gasteiger partial charge is 0.435 e. The van der Waals surface area contributed by atoms with Gasteiger partial charge in [0.2, 0.25) is 0 Å². The van der Waals surface area contributed by atoms with Crippen molar-refractivity contribution >= 4 is 29.3 Å². The minimum absolute atomic E-state index is 0.280. The Morgan fingerprint density at radius 1 is 1.14 bits per heavy atom. The Morgan fingerprint density at radius 3 is 2.09 bits per heavy atom. The third kappa shape index (κ3) is 6.30. The number of aryl methyl sites for hydroxylation is 1. The van der Waals surface area contributed by atoms with Gasteiger partial charge in [-0.05, 0) is 48.5 Å². The largest absolute Gasteiger partial charge is 0.443 e. The standard InChI is InChI=1S/C14H23N3O4S/c1-9-15-10(8-22-9)17(12(19)21-14(5,6)7)16-11(18)20-13(2,3)4/h8H,1-7H3,(H,16,18). The first kappa shape index (κ1) is 18.2. The first-order valence-corrected chi connectivity index (χ1v) is 7.70. The molecule has 0 aliphatic carbocycles. The van der Waals surface area contributed by atoms with E-state index in [-0.39, 0.29) is 5.82 Å². The van der Waals surface area contributed by atoms with Crippen molar-refractivity contribution in [3.05, 3.63) is 10.4 Å². The summed E-state index contributed by atoms with van der Waals surface area (Å²) in [6.45, 7) is 12.2. The Bertz CT molecular complexity index is 543. The number of thiazole rings is 1. The number of hydrogen-bond acceptors (Lipinski definition) is 6. The van der Waals surface area contributed by atoms with E-state index in [1.807, 2.05) is 0 Å². The van der Waals surface area contributed by atoms with Gasteiger partial charge in [0.05, 0.1) is 5.01 Å². The van der Waals surface area contributed by atoms with E-state index in [0.717, 1.165) is 10.0 Å². The first-order chi connectivity index (χ1) is 9.87. The van der Waals surface area contributed by atoms with Gasteiger partial charge in [-0.2, -0.15) is 5.01 Å². The average molecular weight is 329 g/mol. The highest BCUT2D eigenvalue weighted by Gasteiger charge is 2.28. The van der Waals surface area contributed by atoms with Crippen LogP contribution < -0.4 is 10.4 Å². The summed E-state index contributed by atoms with van der Waals surface area (Å²) in [6, 6.07) is 0. The van der Waals surface area contributed by atoms with Gasteiger partial charge in [0, 0.05) is 5.38 Å². The van der Waals surface area contributed by atoms with Crippen LogP contribution in [0.5, 0.6) is 0 Å². The van der Waals surface area contributed by atoms with Crippen molar-refractivity contribution in [2.45, 2.75) is 59.7 Å². The van der Waals surface area contributed by atoms with E-state index in [9.17, 15) is 9.59 Å². The zero-order valence-electron chi connectivity index (χ0n) is 14.0. The fourth-order valence-electron chi connectivity index (χ4n) is 1.35. The molecule has 0 unspecified atom stereocenters. The highest BCUT2D eigenvalue weighted by Crippen LogP contribution is 2.19. The van der Waals surface area contributed by atoms with Crippen LogP contribution in [0.25, 0.3) is 0 Å². The molecule has 1 N–H and O–H groups in total. The molecule has 0 aromatic carbocycles. The number of carbonyl (C=O) groups is 2. The topological polar surface area (TPSA) is 80.8 Å². The maximum absolute atomic E-state index is 12.3. The van der Waals surface area contributed by atoms with Crippen LogP contribution in [0.1, 0.15) is 46.6 Å². The van der Waals surface area contributed by atoms with Crippen LogP contribution in [-0.2, 0) is 9.47 Å². The second-order valence-electron chi connectivity index (χ2n) is 6.65. The normalized spacial score (nSPS) is 11.8. The molecule has 0 aliphatic heterocycles. The summed E-state index contributed by atoms with van der Waals surface area (Å²) in [6.07, 6.45) is -1.49. The van der Waals surface area contributed by atoms with Gasteiger partial charge in [0.25, 0.3) is 0 Å². The number of amides is 2. The van der Waals surface area contributed by atoms with Gasteiger partial charge in [0.15, 0.2) is 5.82 Å². The molecule has 0 saturated heterocycles. The van der Waals surface area contributed by atoms with E-state index in [4.69, 9.17) is 9.47 Å². The average Bonchev–Trinajstić information content (AvgIpc) is 2.67. The predicted octanol–water partition coefficient (Wildman–Crippen LogP) is 3.63. The fraction of sp³-hybridized carbons (Fsp3) is 0.643. The van der Waals surface area contributed by atoms with Crippen LogP contribution in [-0.4, -0.2) is 28.4 Å². The summed E-state index contributed by atoms with van der Waals surface area (Å²) in [7, 11) is 0. The molecule has 0 saturated carbocycles. The third-order valence-corrected chi connectivity index (χ3v) is 2.78. The van der Waals surface area contributed by atoms with Gasteiger partial charge in [-0.25, -0.2) is 20.0 Å². The molecule has 1 rings (SSSR count). The van der Waals surface area contributed by atoms with E-state index in [1.54, 1.807) is 53.8 Å². The second kappa shape index (κ2) is 6.51. The highest BCUT2D eigenvalue weighted by molar-refractivity contribution is 7.09. The zero-order chi connectivity index (χ0) is 17.1. The fourth-order valence-corrected chi connectivity index (χ4v) is 1.93. The van der Waals surface area contributed by atoms with Gasteiger partial charge >= 0.3 is 12.2 Å². The Labute approximate surface area is 134 Å². The summed E-state index contributed by atoms with van der Waals surface area (Å²) >= 11 is 1.36. The Balaban J connectivity index is 2.93. The Morgan fingerprint density at radius 2 is 1.68 bits per heavy atom. The van der Waals surface area contributed by atoms with Gasteiger partial charge < -0.3 is 9.47 Å². The lowest BCUT2D eigenvalue weighted by Crippen LogP contribution is -2.50. The van der Waals surface area contributed by atoms with E-state index in [2.05, 4.69) is 10.4 Å². The van der Waals surface area contributed by atoms with Crippen LogP contribution in [0, 0.1) is 6.92 Å². The molecular formula is C14H23N3O4S. The quantitative estimate of drug-likeness (QED) is 0.796. The number of aromatic nitrogens is 1. The molecule has 0 radical (unpaired) electrons. The summed E-state index contributed by atoms with van der Waals surface area (Å²) in [5.41, 5.74) is 0.990. The summed E-state index contributed by atoms with van der Waals surface area (Å²) in [5, 5.41) is 3.36. The van der Waals surface area contributed by atoms with Gasteiger partial charge in [-0.3, -0.25) is 0 Å². The molecular weight excluding hydrogens is 306 g/mol. The molecule has 0 fully saturated rings. The summed E-state index contributed by atoms with van der Waals surface area (Å²) in [5.74, 6) is 0.280. The number of ether oxygens (including phenoxy) is 2. The molecule has 0 spiro atoms. The molecule has 0 atom stereocenters. The van der Waals surface area contributed by atoms with Crippen molar-refractivity contribution < 1.29 is 19.1 Å². The van der Waals surface area contributed by atoms with Crippen molar-refractivity contribution in [3.8, 4) is 0 Å². The van der Waals surface area contributed by atoms with Crippen molar-refractivity contribution in [1.82, 2.24) is 10.4 Å². The number of hydrogen-bond donors (Lipinski definition) is 1. The van der Waals surface area contributed by atoms with Crippen molar-refractivity contribution in [2.24, 2.45) is 0 Å². The maximum Gasteiger partial charge on any atom is 0.435 e. The van der Waals surface area contributed by atoms with Gasteiger partial charge in [-0.15, -0.1) is 11.3 Å². The van der Waals surface area contributed by atoms with Crippen LogP contribution in [0.4, 0.5) is 15.4 Å². The maximum atomic E-state index is 12.3. The van der Waals surface area contributed by atoms with Gasteiger partial charge in [0.1, 0.15) is 11.2 Å². The van der Waals surface area contributed by atoms with Crippen molar-refractivity contribution in [3.63, 3.8) is 0 Å². The molecule has 0 bridgehead atoms. The molecule has 7 nitrogen and oxygen atoms in total. The highest BCUT2D eigenvalue weighted by atomic mass is 32.1.